The number of anilines is 2. The first-order valence-electron chi connectivity index (χ1n) is 9.16. The van der Waals surface area contributed by atoms with Crippen LogP contribution in [-0.2, 0) is 9.59 Å². The molecule has 9 nitrogen and oxygen atoms in total. The number of ether oxygens (including phenoxy) is 3. The van der Waals surface area contributed by atoms with Crippen LogP contribution < -0.4 is 24.4 Å². The van der Waals surface area contributed by atoms with Crippen LogP contribution in [0.25, 0.3) is 0 Å². The van der Waals surface area contributed by atoms with Crippen LogP contribution in [0.15, 0.2) is 36.4 Å². The Hall–Kier alpha value is -3.75. The van der Waals surface area contributed by atoms with E-state index in [9.17, 15) is 19.5 Å². The van der Waals surface area contributed by atoms with Crippen LogP contribution in [-0.4, -0.2) is 49.3 Å². The van der Waals surface area contributed by atoms with Gasteiger partial charge in [0, 0.05) is 11.8 Å². The molecule has 2 amide bonds. The molecule has 0 aliphatic carbocycles. The summed E-state index contributed by atoms with van der Waals surface area (Å²) in [5, 5.41) is 12.0. The molecule has 0 aromatic heterocycles. The summed E-state index contributed by atoms with van der Waals surface area (Å²) in [4.78, 5) is 38.3. The van der Waals surface area contributed by atoms with Gasteiger partial charge < -0.3 is 24.6 Å². The SMILES string of the molecule is COc1ccc(NC(=O)C(C)N2C(=O)C(C)Oc3ccc(C(=O)O)cc32)cc1OC. The maximum Gasteiger partial charge on any atom is 0.335 e. The molecule has 2 atom stereocenters. The van der Waals surface area contributed by atoms with E-state index in [4.69, 9.17) is 14.2 Å². The lowest BCUT2D eigenvalue weighted by Crippen LogP contribution is -2.52. The van der Waals surface area contributed by atoms with E-state index in [2.05, 4.69) is 5.32 Å². The van der Waals surface area contributed by atoms with E-state index in [1.807, 2.05) is 0 Å². The number of carboxylic acids is 1. The lowest BCUT2D eigenvalue weighted by atomic mass is 10.1. The number of hydrogen-bond acceptors (Lipinski definition) is 6. The van der Waals surface area contributed by atoms with Gasteiger partial charge in [-0.1, -0.05) is 0 Å². The van der Waals surface area contributed by atoms with E-state index in [-0.39, 0.29) is 11.3 Å². The van der Waals surface area contributed by atoms with E-state index >= 15 is 0 Å². The van der Waals surface area contributed by atoms with Crippen molar-refractivity contribution in [3.05, 3.63) is 42.0 Å². The monoisotopic (exact) mass is 414 g/mol. The first-order chi connectivity index (χ1) is 14.3. The summed E-state index contributed by atoms with van der Waals surface area (Å²) in [5.74, 6) is -0.771. The molecule has 0 saturated heterocycles. The third kappa shape index (κ3) is 3.86. The zero-order valence-corrected chi connectivity index (χ0v) is 17.0. The van der Waals surface area contributed by atoms with Gasteiger partial charge in [-0.3, -0.25) is 14.5 Å². The molecular formula is C21H22N2O7. The van der Waals surface area contributed by atoms with Gasteiger partial charge in [0.05, 0.1) is 25.5 Å². The molecule has 2 aromatic rings. The van der Waals surface area contributed by atoms with Crippen molar-refractivity contribution in [3.63, 3.8) is 0 Å². The summed E-state index contributed by atoms with van der Waals surface area (Å²) in [6, 6.07) is 8.15. The average molecular weight is 414 g/mol. The molecule has 3 rings (SSSR count). The van der Waals surface area contributed by atoms with Crippen LogP contribution in [0.1, 0.15) is 24.2 Å². The van der Waals surface area contributed by atoms with Gasteiger partial charge in [-0.2, -0.15) is 0 Å². The van der Waals surface area contributed by atoms with Crippen molar-refractivity contribution in [2.45, 2.75) is 26.0 Å². The molecule has 0 saturated carbocycles. The van der Waals surface area contributed by atoms with Crippen LogP contribution in [0.4, 0.5) is 11.4 Å². The van der Waals surface area contributed by atoms with Crippen molar-refractivity contribution in [1.29, 1.82) is 0 Å². The number of aromatic carboxylic acids is 1. The predicted octanol–water partition coefficient (Wildman–Crippen LogP) is 2.54. The molecule has 158 valence electrons. The summed E-state index contributed by atoms with van der Waals surface area (Å²) in [5.41, 5.74) is 0.669. The molecule has 9 heteroatoms. The van der Waals surface area contributed by atoms with E-state index in [1.165, 1.54) is 37.3 Å². The van der Waals surface area contributed by atoms with Crippen LogP contribution >= 0.6 is 0 Å². The van der Waals surface area contributed by atoms with E-state index in [0.29, 0.717) is 22.9 Å². The number of fused-ring (bicyclic) bond motifs is 1. The Labute approximate surface area is 173 Å². The Morgan fingerprint density at radius 3 is 2.47 bits per heavy atom. The van der Waals surface area contributed by atoms with Crippen molar-refractivity contribution >= 4 is 29.2 Å². The van der Waals surface area contributed by atoms with Gasteiger partial charge in [0.1, 0.15) is 11.8 Å². The molecule has 0 spiro atoms. The highest BCUT2D eigenvalue weighted by Gasteiger charge is 2.37. The van der Waals surface area contributed by atoms with Gasteiger partial charge in [-0.15, -0.1) is 0 Å². The van der Waals surface area contributed by atoms with Gasteiger partial charge >= 0.3 is 5.97 Å². The maximum atomic E-state index is 12.9. The standard InChI is InChI=1S/C21H22N2O7/c1-11(19(24)22-14-6-8-17(28-3)18(10-14)29-4)23-15-9-13(21(26)27)5-7-16(15)30-12(2)20(23)25/h5-12H,1-4H3,(H,22,24)(H,26,27). The van der Waals surface area contributed by atoms with E-state index in [1.54, 1.807) is 32.0 Å². The van der Waals surface area contributed by atoms with Gasteiger partial charge in [0.2, 0.25) is 5.91 Å². The lowest BCUT2D eigenvalue weighted by Gasteiger charge is -2.36. The van der Waals surface area contributed by atoms with Gasteiger partial charge in [-0.05, 0) is 44.2 Å². The Morgan fingerprint density at radius 2 is 1.83 bits per heavy atom. The number of nitrogens with one attached hydrogen (secondary N) is 1. The third-order valence-corrected chi connectivity index (χ3v) is 4.77. The first-order valence-corrected chi connectivity index (χ1v) is 9.16. The van der Waals surface area contributed by atoms with Gasteiger partial charge in [0.15, 0.2) is 17.6 Å². The van der Waals surface area contributed by atoms with Crippen molar-refractivity contribution in [3.8, 4) is 17.2 Å². The molecule has 1 heterocycles. The number of methoxy groups -OCH3 is 2. The fourth-order valence-electron chi connectivity index (χ4n) is 3.17. The van der Waals surface area contributed by atoms with Crippen LogP contribution in [0, 0.1) is 0 Å². The Bertz CT molecular complexity index is 1000. The fraction of sp³-hybridized carbons (Fsp3) is 0.286. The summed E-state index contributed by atoms with van der Waals surface area (Å²) in [7, 11) is 2.99. The van der Waals surface area contributed by atoms with Crippen molar-refractivity contribution in [2.75, 3.05) is 24.4 Å². The summed E-state index contributed by atoms with van der Waals surface area (Å²) >= 11 is 0. The maximum absolute atomic E-state index is 12.9. The topological polar surface area (TPSA) is 114 Å². The highest BCUT2D eigenvalue weighted by atomic mass is 16.5. The molecule has 0 bridgehead atoms. The number of rotatable bonds is 6. The Balaban J connectivity index is 1.91. The van der Waals surface area contributed by atoms with E-state index in [0.717, 1.165) is 0 Å². The molecule has 2 N–H and O–H groups in total. The number of benzene rings is 2. The summed E-state index contributed by atoms with van der Waals surface area (Å²) in [6.07, 6.45) is -0.815. The van der Waals surface area contributed by atoms with Crippen LogP contribution in [0.3, 0.4) is 0 Å². The quantitative estimate of drug-likeness (QED) is 0.746. The zero-order valence-electron chi connectivity index (χ0n) is 17.0. The average Bonchev–Trinajstić information content (AvgIpc) is 2.73. The number of hydrogen-bond donors (Lipinski definition) is 2. The first kappa shape index (κ1) is 21.0. The molecule has 0 radical (unpaired) electrons. The molecule has 2 unspecified atom stereocenters. The Morgan fingerprint density at radius 1 is 1.13 bits per heavy atom. The van der Waals surface area contributed by atoms with Crippen molar-refractivity contribution in [2.24, 2.45) is 0 Å². The van der Waals surface area contributed by atoms with Crippen LogP contribution in [0.2, 0.25) is 0 Å². The second-order valence-corrected chi connectivity index (χ2v) is 6.69. The minimum absolute atomic E-state index is 0.0165. The summed E-state index contributed by atoms with van der Waals surface area (Å²) < 4.78 is 16.0. The second kappa shape index (κ2) is 8.32. The number of nitrogens with zero attached hydrogens (tertiary/aromatic N) is 1. The van der Waals surface area contributed by atoms with E-state index < -0.39 is 29.9 Å². The minimum Gasteiger partial charge on any atom is -0.493 e. The van der Waals surface area contributed by atoms with Crippen molar-refractivity contribution in [1.82, 2.24) is 0 Å². The minimum atomic E-state index is -1.15. The third-order valence-electron chi connectivity index (χ3n) is 4.77. The molecule has 1 aliphatic rings. The number of carbonyl (C=O) groups is 3. The Kier molecular flexibility index (Phi) is 5.81. The number of carboxylic acid groups (broad SMARTS) is 1. The zero-order chi connectivity index (χ0) is 22.0. The van der Waals surface area contributed by atoms with Gasteiger partial charge in [-0.25, -0.2) is 4.79 Å². The van der Waals surface area contributed by atoms with Crippen molar-refractivity contribution < 1.29 is 33.7 Å². The molecule has 30 heavy (non-hydrogen) atoms. The molecule has 2 aromatic carbocycles. The normalized spacial score (nSPS) is 16.2. The molecular weight excluding hydrogens is 392 g/mol. The second-order valence-electron chi connectivity index (χ2n) is 6.69. The smallest absolute Gasteiger partial charge is 0.335 e. The molecule has 0 fully saturated rings. The highest BCUT2D eigenvalue weighted by Crippen LogP contribution is 2.37. The predicted molar refractivity (Wildman–Crippen MR) is 109 cm³/mol. The lowest BCUT2D eigenvalue weighted by molar-refractivity contribution is -0.128. The largest absolute Gasteiger partial charge is 0.493 e. The number of carbonyl (C=O) groups excluding carboxylic acids is 2. The molecule has 1 aliphatic heterocycles. The highest BCUT2D eigenvalue weighted by molar-refractivity contribution is 6.08. The fourth-order valence-corrected chi connectivity index (χ4v) is 3.17. The number of amides is 2. The van der Waals surface area contributed by atoms with Crippen LogP contribution in [0.5, 0.6) is 17.2 Å². The van der Waals surface area contributed by atoms with Gasteiger partial charge in [0.25, 0.3) is 5.91 Å². The summed E-state index contributed by atoms with van der Waals surface area (Å²) in [6.45, 7) is 3.13.